The number of hydrogen-bond donors (Lipinski definition) is 1. The number of aromatic nitrogens is 2. The highest BCUT2D eigenvalue weighted by Crippen LogP contribution is 2.30. The smallest absolute Gasteiger partial charge is 0.115 e. The molecule has 1 aromatic heterocycles. The van der Waals surface area contributed by atoms with E-state index >= 15 is 0 Å². The number of nitrogen functional groups attached to an aromatic ring is 1. The highest BCUT2D eigenvalue weighted by Gasteiger charge is 2.27. The fourth-order valence-electron chi connectivity index (χ4n) is 2.59. The minimum absolute atomic E-state index is 0.338. The lowest BCUT2D eigenvalue weighted by molar-refractivity contribution is 0.123. The van der Waals surface area contributed by atoms with Gasteiger partial charge in [0.2, 0.25) is 0 Å². The van der Waals surface area contributed by atoms with Crippen LogP contribution in [0.5, 0.6) is 0 Å². The first-order valence-corrected chi connectivity index (χ1v) is 5.98. The average molecular weight is 231 g/mol. The Labute approximate surface area is 100 Å². The highest BCUT2D eigenvalue weighted by atomic mass is 16.5. The molecule has 1 aromatic carbocycles. The summed E-state index contributed by atoms with van der Waals surface area (Å²) < 4.78 is 7.75. The van der Waals surface area contributed by atoms with Crippen molar-refractivity contribution in [2.75, 3.05) is 12.3 Å². The minimum Gasteiger partial charge on any atom is -0.399 e. The summed E-state index contributed by atoms with van der Waals surface area (Å²) in [5.41, 5.74) is 8.70. The van der Waals surface area contributed by atoms with Gasteiger partial charge in [0.05, 0.1) is 23.7 Å². The van der Waals surface area contributed by atoms with E-state index in [1.165, 1.54) is 0 Å². The van der Waals surface area contributed by atoms with Crippen molar-refractivity contribution in [1.29, 1.82) is 0 Å². The molecule has 90 valence electrons. The van der Waals surface area contributed by atoms with E-state index in [1.54, 1.807) is 0 Å². The number of anilines is 1. The zero-order chi connectivity index (χ0) is 12.0. The number of rotatable bonds is 1. The monoisotopic (exact) mass is 231 g/mol. The summed E-state index contributed by atoms with van der Waals surface area (Å²) in [6.45, 7) is 2.88. The van der Waals surface area contributed by atoms with Crippen LogP contribution in [0, 0.1) is 0 Å². The van der Waals surface area contributed by atoms with Gasteiger partial charge in [-0.3, -0.25) is 0 Å². The quantitative estimate of drug-likeness (QED) is 0.764. The number of benzene rings is 1. The maximum Gasteiger partial charge on any atom is 0.115 e. The summed E-state index contributed by atoms with van der Waals surface area (Å²) in [6, 6.07) is 5.85. The van der Waals surface area contributed by atoms with Gasteiger partial charge in [0, 0.05) is 18.7 Å². The maximum absolute atomic E-state index is 5.81. The van der Waals surface area contributed by atoms with E-state index in [0.29, 0.717) is 12.0 Å². The molecular formula is C13H17N3O. The SMILES string of the molecule is CC1CC(c2nc3ccc(N)cc3n2C)CO1. The van der Waals surface area contributed by atoms with E-state index in [0.717, 1.165) is 35.6 Å². The molecule has 3 rings (SSSR count). The van der Waals surface area contributed by atoms with Crippen molar-refractivity contribution in [2.45, 2.75) is 25.4 Å². The van der Waals surface area contributed by atoms with Crippen molar-refractivity contribution >= 4 is 16.7 Å². The Hall–Kier alpha value is -1.55. The van der Waals surface area contributed by atoms with Crippen molar-refractivity contribution in [1.82, 2.24) is 9.55 Å². The molecule has 1 fully saturated rings. The largest absolute Gasteiger partial charge is 0.399 e. The van der Waals surface area contributed by atoms with Crippen molar-refractivity contribution in [3.8, 4) is 0 Å². The third-order valence-electron chi connectivity index (χ3n) is 3.50. The molecule has 0 bridgehead atoms. The minimum atomic E-state index is 0.338. The second-order valence-corrected chi connectivity index (χ2v) is 4.85. The Kier molecular flexibility index (Phi) is 2.33. The fraction of sp³-hybridized carbons (Fsp3) is 0.462. The molecule has 0 spiro atoms. The summed E-state index contributed by atoms with van der Waals surface area (Å²) in [7, 11) is 2.05. The van der Waals surface area contributed by atoms with Crippen LogP contribution in [0.1, 0.15) is 25.1 Å². The van der Waals surface area contributed by atoms with Crippen molar-refractivity contribution < 1.29 is 4.74 Å². The molecule has 1 saturated heterocycles. The maximum atomic E-state index is 5.81. The van der Waals surface area contributed by atoms with E-state index in [2.05, 4.69) is 11.5 Å². The molecule has 4 heteroatoms. The Morgan fingerprint density at radius 1 is 1.47 bits per heavy atom. The van der Waals surface area contributed by atoms with Gasteiger partial charge >= 0.3 is 0 Å². The van der Waals surface area contributed by atoms with Crippen LogP contribution in [0.3, 0.4) is 0 Å². The predicted octanol–water partition coefficient (Wildman–Crippen LogP) is 2.05. The standard InChI is InChI=1S/C13H17N3O/c1-8-5-9(7-17-8)13-15-11-4-3-10(14)6-12(11)16(13)2/h3-4,6,8-9H,5,7,14H2,1-2H3. The van der Waals surface area contributed by atoms with Gasteiger partial charge in [-0.2, -0.15) is 0 Å². The number of nitrogens with zero attached hydrogens (tertiary/aromatic N) is 2. The van der Waals surface area contributed by atoms with Gasteiger partial charge in [-0.25, -0.2) is 4.98 Å². The molecule has 0 amide bonds. The van der Waals surface area contributed by atoms with Crippen molar-refractivity contribution in [2.24, 2.45) is 7.05 Å². The molecule has 1 aliphatic heterocycles. The predicted molar refractivity (Wildman–Crippen MR) is 67.9 cm³/mol. The number of aryl methyl sites for hydroxylation is 1. The average Bonchev–Trinajstić information content (AvgIpc) is 2.84. The first kappa shape index (κ1) is 10.6. The molecule has 4 nitrogen and oxygen atoms in total. The van der Waals surface area contributed by atoms with Crippen LogP contribution in [0.25, 0.3) is 11.0 Å². The normalized spacial score (nSPS) is 24.6. The number of hydrogen-bond acceptors (Lipinski definition) is 3. The molecule has 2 aromatic rings. The number of ether oxygens (including phenoxy) is 1. The number of nitrogens with two attached hydrogens (primary N) is 1. The van der Waals surface area contributed by atoms with Crippen LogP contribution in [-0.4, -0.2) is 22.3 Å². The highest BCUT2D eigenvalue weighted by molar-refractivity contribution is 5.79. The van der Waals surface area contributed by atoms with Crippen LogP contribution in [0.4, 0.5) is 5.69 Å². The Morgan fingerprint density at radius 2 is 2.29 bits per heavy atom. The lowest BCUT2D eigenvalue weighted by Gasteiger charge is -2.07. The molecule has 0 aliphatic carbocycles. The van der Waals surface area contributed by atoms with Crippen LogP contribution in [0.15, 0.2) is 18.2 Å². The molecule has 1 aliphatic rings. The van der Waals surface area contributed by atoms with E-state index < -0.39 is 0 Å². The molecule has 2 heterocycles. The molecular weight excluding hydrogens is 214 g/mol. The van der Waals surface area contributed by atoms with E-state index in [4.69, 9.17) is 15.5 Å². The zero-order valence-corrected chi connectivity index (χ0v) is 10.2. The summed E-state index contributed by atoms with van der Waals surface area (Å²) in [5.74, 6) is 1.51. The topological polar surface area (TPSA) is 53.1 Å². The molecule has 2 unspecified atom stereocenters. The van der Waals surface area contributed by atoms with Crippen molar-refractivity contribution in [3.63, 3.8) is 0 Å². The first-order chi connectivity index (χ1) is 8.15. The van der Waals surface area contributed by atoms with Crippen LogP contribution >= 0.6 is 0 Å². The molecule has 2 N–H and O–H groups in total. The zero-order valence-electron chi connectivity index (χ0n) is 10.2. The Bertz CT molecular complexity index is 561. The van der Waals surface area contributed by atoms with Gasteiger partial charge in [-0.05, 0) is 31.5 Å². The number of fused-ring (bicyclic) bond motifs is 1. The second-order valence-electron chi connectivity index (χ2n) is 4.85. The third kappa shape index (κ3) is 1.69. The summed E-state index contributed by atoms with van der Waals surface area (Å²) >= 11 is 0. The van der Waals surface area contributed by atoms with E-state index in [9.17, 15) is 0 Å². The van der Waals surface area contributed by atoms with Crippen LogP contribution in [-0.2, 0) is 11.8 Å². The Balaban J connectivity index is 2.08. The lowest BCUT2D eigenvalue weighted by Crippen LogP contribution is -2.06. The fourth-order valence-corrected chi connectivity index (χ4v) is 2.59. The van der Waals surface area contributed by atoms with Crippen LogP contribution < -0.4 is 5.73 Å². The van der Waals surface area contributed by atoms with Gasteiger partial charge < -0.3 is 15.0 Å². The van der Waals surface area contributed by atoms with Gasteiger partial charge in [0.25, 0.3) is 0 Å². The first-order valence-electron chi connectivity index (χ1n) is 5.98. The molecule has 17 heavy (non-hydrogen) atoms. The second kappa shape index (κ2) is 3.74. The van der Waals surface area contributed by atoms with Gasteiger partial charge in [-0.15, -0.1) is 0 Å². The lowest BCUT2D eigenvalue weighted by atomic mass is 10.1. The Morgan fingerprint density at radius 3 is 3.00 bits per heavy atom. The summed E-state index contributed by atoms with van der Waals surface area (Å²) in [6.07, 6.45) is 1.39. The van der Waals surface area contributed by atoms with Gasteiger partial charge in [0.1, 0.15) is 5.82 Å². The molecule has 2 atom stereocenters. The van der Waals surface area contributed by atoms with E-state index in [-0.39, 0.29) is 0 Å². The van der Waals surface area contributed by atoms with Gasteiger partial charge in [0.15, 0.2) is 0 Å². The summed E-state index contributed by atoms with van der Waals surface area (Å²) in [4.78, 5) is 4.70. The van der Waals surface area contributed by atoms with E-state index in [1.807, 2.05) is 25.2 Å². The molecule has 0 saturated carbocycles. The van der Waals surface area contributed by atoms with Gasteiger partial charge in [-0.1, -0.05) is 0 Å². The molecule has 0 radical (unpaired) electrons. The summed E-state index contributed by atoms with van der Waals surface area (Å²) in [5, 5.41) is 0. The number of imidazole rings is 1. The van der Waals surface area contributed by atoms with Crippen LogP contribution in [0.2, 0.25) is 0 Å². The van der Waals surface area contributed by atoms with Crippen molar-refractivity contribution in [3.05, 3.63) is 24.0 Å². The third-order valence-corrected chi connectivity index (χ3v) is 3.50.